The summed E-state index contributed by atoms with van der Waals surface area (Å²) in [6.45, 7) is 0. The van der Waals surface area contributed by atoms with Crippen molar-refractivity contribution < 1.29 is 8.42 Å². The number of rotatable bonds is 3. The Labute approximate surface area is 140 Å². The largest absolute Gasteiger partial charge is 0.398 e. The maximum absolute atomic E-state index is 12.3. The third-order valence-corrected chi connectivity index (χ3v) is 5.39. The van der Waals surface area contributed by atoms with Crippen molar-refractivity contribution in [3.63, 3.8) is 0 Å². The van der Waals surface area contributed by atoms with Gasteiger partial charge in [-0.1, -0.05) is 15.9 Å². The normalized spacial score (nSPS) is 11.3. The SMILES string of the molecule is Nc1cc(Br)cc(Br)c1S(=O)(=O)Nc1cnc(Br)cn1. The van der Waals surface area contributed by atoms with Crippen molar-refractivity contribution in [1.82, 2.24) is 9.97 Å². The average Bonchev–Trinajstić information content (AvgIpc) is 2.30. The molecule has 0 aliphatic heterocycles. The van der Waals surface area contributed by atoms with E-state index >= 15 is 0 Å². The summed E-state index contributed by atoms with van der Waals surface area (Å²) in [4.78, 5) is 7.74. The summed E-state index contributed by atoms with van der Waals surface area (Å²) < 4.78 is 28.5. The molecule has 1 aromatic carbocycles. The van der Waals surface area contributed by atoms with E-state index in [2.05, 4.69) is 62.5 Å². The molecule has 0 saturated heterocycles. The standard InChI is InChI=1S/C10H7Br3N4O2S/c11-5-1-6(12)10(7(14)2-5)20(18,19)17-9-4-15-8(13)3-16-9/h1-4H,14H2,(H,16,17). The molecule has 0 bridgehead atoms. The minimum absolute atomic E-state index is 0.0505. The molecule has 0 unspecified atom stereocenters. The van der Waals surface area contributed by atoms with Crippen LogP contribution in [0.15, 0.2) is 43.0 Å². The number of hydrogen-bond donors (Lipinski definition) is 2. The zero-order valence-corrected chi connectivity index (χ0v) is 15.2. The molecule has 0 radical (unpaired) electrons. The molecule has 0 aliphatic rings. The highest BCUT2D eigenvalue weighted by Crippen LogP contribution is 2.32. The van der Waals surface area contributed by atoms with E-state index in [1.807, 2.05) is 0 Å². The van der Waals surface area contributed by atoms with Crippen LogP contribution in [0.1, 0.15) is 0 Å². The van der Waals surface area contributed by atoms with Gasteiger partial charge in [0.05, 0.1) is 18.1 Å². The van der Waals surface area contributed by atoms with E-state index in [-0.39, 0.29) is 16.4 Å². The van der Waals surface area contributed by atoms with Crippen LogP contribution >= 0.6 is 47.8 Å². The number of nitrogens with two attached hydrogens (primary N) is 1. The van der Waals surface area contributed by atoms with Gasteiger partial charge >= 0.3 is 0 Å². The molecule has 1 aromatic heterocycles. The Bertz CT molecular complexity index is 727. The summed E-state index contributed by atoms with van der Waals surface area (Å²) in [6.07, 6.45) is 2.68. The summed E-state index contributed by atoms with van der Waals surface area (Å²) in [6, 6.07) is 3.10. The van der Waals surface area contributed by atoms with E-state index < -0.39 is 10.0 Å². The highest BCUT2D eigenvalue weighted by molar-refractivity contribution is 9.11. The molecule has 1 heterocycles. The van der Waals surface area contributed by atoms with Crippen LogP contribution < -0.4 is 10.5 Å². The van der Waals surface area contributed by atoms with Crippen LogP contribution in [0.25, 0.3) is 0 Å². The number of sulfonamides is 1. The highest BCUT2D eigenvalue weighted by Gasteiger charge is 2.22. The van der Waals surface area contributed by atoms with Crippen LogP contribution in [0.2, 0.25) is 0 Å². The van der Waals surface area contributed by atoms with Gasteiger partial charge in [0.25, 0.3) is 10.0 Å². The summed E-state index contributed by atoms with van der Waals surface area (Å²) >= 11 is 9.54. The Balaban J connectivity index is 2.43. The van der Waals surface area contributed by atoms with Crippen molar-refractivity contribution in [2.75, 3.05) is 10.5 Å². The molecule has 20 heavy (non-hydrogen) atoms. The fourth-order valence-corrected chi connectivity index (χ4v) is 4.69. The number of aromatic nitrogens is 2. The molecule has 106 valence electrons. The van der Waals surface area contributed by atoms with Gasteiger partial charge in [0, 0.05) is 8.95 Å². The number of nitrogens with zero attached hydrogens (tertiary/aromatic N) is 2. The first-order valence-electron chi connectivity index (χ1n) is 5.04. The second-order valence-corrected chi connectivity index (χ2v) is 7.84. The van der Waals surface area contributed by atoms with Crippen molar-refractivity contribution in [1.29, 1.82) is 0 Å². The molecular formula is C10H7Br3N4O2S. The van der Waals surface area contributed by atoms with Gasteiger partial charge in [0.1, 0.15) is 9.50 Å². The fourth-order valence-electron chi connectivity index (χ4n) is 1.42. The summed E-state index contributed by atoms with van der Waals surface area (Å²) in [5, 5.41) is 0. The quantitative estimate of drug-likeness (QED) is 0.649. The van der Waals surface area contributed by atoms with Crippen molar-refractivity contribution in [3.8, 4) is 0 Å². The third-order valence-electron chi connectivity index (χ3n) is 2.17. The monoisotopic (exact) mass is 484 g/mol. The van der Waals surface area contributed by atoms with E-state index in [9.17, 15) is 8.42 Å². The van der Waals surface area contributed by atoms with Gasteiger partial charge in [0.15, 0.2) is 5.82 Å². The van der Waals surface area contributed by atoms with Crippen LogP contribution in [0.3, 0.4) is 0 Å². The Morgan fingerprint density at radius 3 is 2.35 bits per heavy atom. The molecule has 0 fully saturated rings. The minimum atomic E-state index is -3.86. The smallest absolute Gasteiger partial charge is 0.266 e. The van der Waals surface area contributed by atoms with Gasteiger partial charge in [0.2, 0.25) is 0 Å². The molecule has 0 amide bonds. The lowest BCUT2D eigenvalue weighted by molar-refractivity contribution is 0.601. The predicted molar refractivity (Wildman–Crippen MR) is 86.8 cm³/mol. The van der Waals surface area contributed by atoms with Crippen LogP contribution in [0.4, 0.5) is 11.5 Å². The first kappa shape index (κ1) is 15.7. The molecule has 0 spiro atoms. The van der Waals surface area contributed by atoms with Gasteiger partial charge in [-0.2, -0.15) is 0 Å². The second-order valence-electron chi connectivity index (χ2n) is 3.64. The lowest BCUT2D eigenvalue weighted by atomic mass is 10.3. The maximum Gasteiger partial charge on any atom is 0.266 e. The average molecular weight is 487 g/mol. The van der Waals surface area contributed by atoms with Gasteiger partial charge in [-0.3, -0.25) is 4.72 Å². The van der Waals surface area contributed by atoms with Crippen molar-refractivity contribution in [3.05, 3.63) is 38.1 Å². The van der Waals surface area contributed by atoms with Crippen molar-refractivity contribution >= 4 is 69.3 Å². The second kappa shape index (κ2) is 5.96. The molecule has 2 rings (SSSR count). The first-order valence-corrected chi connectivity index (χ1v) is 8.91. The van der Waals surface area contributed by atoms with E-state index in [0.717, 1.165) is 0 Å². The minimum Gasteiger partial charge on any atom is -0.398 e. The van der Waals surface area contributed by atoms with Crippen LogP contribution in [-0.2, 0) is 10.0 Å². The van der Waals surface area contributed by atoms with Crippen LogP contribution in [-0.4, -0.2) is 18.4 Å². The van der Waals surface area contributed by atoms with Gasteiger partial charge < -0.3 is 5.73 Å². The number of anilines is 2. The fraction of sp³-hybridized carbons (Fsp3) is 0. The Morgan fingerprint density at radius 2 is 1.80 bits per heavy atom. The molecule has 0 atom stereocenters. The zero-order valence-electron chi connectivity index (χ0n) is 9.64. The van der Waals surface area contributed by atoms with Gasteiger partial charge in [-0.25, -0.2) is 18.4 Å². The predicted octanol–water partition coefficient (Wildman–Crippen LogP) is 3.15. The van der Waals surface area contributed by atoms with Crippen LogP contribution in [0.5, 0.6) is 0 Å². The first-order chi connectivity index (χ1) is 9.29. The van der Waals surface area contributed by atoms with Crippen molar-refractivity contribution in [2.24, 2.45) is 0 Å². The van der Waals surface area contributed by atoms with Crippen LogP contribution in [0, 0.1) is 0 Å². The zero-order chi connectivity index (χ0) is 14.9. The molecule has 3 N–H and O–H groups in total. The summed E-state index contributed by atoms with van der Waals surface area (Å²) in [5.41, 5.74) is 5.88. The molecular weight excluding hydrogens is 480 g/mol. The van der Waals surface area contributed by atoms with Gasteiger partial charge in [-0.15, -0.1) is 0 Å². The number of halogens is 3. The number of nitrogen functional groups attached to an aromatic ring is 1. The Morgan fingerprint density at radius 1 is 1.10 bits per heavy atom. The number of hydrogen-bond acceptors (Lipinski definition) is 5. The van der Waals surface area contributed by atoms with E-state index in [0.29, 0.717) is 13.5 Å². The number of benzene rings is 1. The van der Waals surface area contributed by atoms with Gasteiger partial charge in [-0.05, 0) is 44.0 Å². The summed E-state index contributed by atoms with van der Waals surface area (Å²) in [7, 11) is -3.86. The lowest BCUT2D eigenvalue weighted by Gasteiger charge is -2.11. The Kier molecular flexibility index (Phi) is 4.67. The summed E-state index contributed by atoms with van der Waals surface area (Å²) in [5.74, 6) is 0.0995. The Hall–Kier alpha value is -0.710. The maximum atomic E-state index is 12.3. The van der Waals surface area contributed by atoms with E-state index in [1.165, 1.54) is 18.5 Å². The molecule has 2 aromatic rings. The van der Waals surface area contributed by atoms with E-state index in [4.69, 9.17) is 5.73 Å². The molecule has 6 nitrogen and oxygen atoms in total. The highest BCUT2D eigenvalue weighted by atomic mass is 79.9. The third kappa shape index (κ3) is 3.48. The topological polar surface area (TPSA) is 98.0 Å². The molecule has 10 heteroatoms. The molecule has 0 aliphatic carbocycles. The molecule has 0 saturated carbocycles. The van der Waals surface area contributed by atoms with E-state index in [1.54, 1.807) is 6.07 Å². The van der Waals surface area contributed by atoms with Crippen molar-refractivity contribution in [2.45, 2.75) is 4.90 Å². The number of nitrogens with one attached hydrogen (secondary N) is 1. The lowest BCUT2D eigenvalue weighted by Crippen LogP contribution is -2.16.